The smallest absolute Gasteiger partial charge is 0.0640 e. The van der Waals surface area contributed by atoms with Crippen LogP contribution in [0.5, 0.6) is 0 Å². The minimum Gasteiger partial charge on any atom is -0.310 e. The molecule has 4 aliphatic carbocycles. The van der Waals surface area contributed by atoms with E-state index >= 15 is 0 Å². The van der Waals surface area contributed by atoms with Crippen LogP contribution < -0.4 is 9.80 Å². The van der Waals surface area contributed by atoms with Gasteiger partial charge in [-0.3, -0.25) is 0 Å². The van der Waals surface area contributed by atoms with E-state index in [1.807, 2.05) is 11.3 Å². The van der Waals surface area contributed by atoms with Crippen LogP contribution in [0.25, 0.3) is 31.3 Å². The molecule has 0 atom stereocenters. The largest absolute Gasteiger partial charge is 0.310 e. The molecule has 0 spiro atoms. The van der Waals surface area contributed by atoms with Crippen molar-refractivity contribution in [3.63, 3.8) is 0 Å². The maximum atomic E-state index is 2.48. The van der Waals surface area contributed by atoms with Crippen LogP contribution in [0, 0.1) is 17.8 Å². The first kappa shape index (κ1) is 32.8. The molecule has 3 heteroatoms. The third-order valence-electron chi connectivity index (χ3n) is 13.0. The Morgan fingerprint density at radius 3 is 1.56 bits per heavy atom. The number of rotatable bonds is 8. The Kier molecular flexibility index (Phi) is 7.91. The molecule has 4 saturated carbocycles. The maximum absolute atomic E-state index is 2.48. The zero-order valence-corrected chi connectivity index (χ0v) is 31.8. The van der Waals surface area contributed by atoms with Gasteiger partial charge in [0.05, 0.1) is 10.4 Å². The molecule has 12 rings (SSSR count). The fourth-order valence-corrected chi connectivity index (χ4v) is 12.2. The molecule has 2 nitrogen and oxygen atoms in total. The Balaban J connectivity index is 0.995. The van der Waals surface area contributed by atoms with E-state index in [1.54, 1.807) is 5.56 Å². The molecule has 4 aliphatic rings. The SMILES string of the molecule is c1ccc(-c2ccc(N(c3ccccc3)c3cccc4c3sc3ccc(N(c5ccccc5)c5ccc(C67CC8CC(CC(C8)C6)C7)cc5)cc34)cc2)cc1. The lowest BCUT2D eigenvalue weighted by Gasteiger charge is -2.57. The van der Waals surface area contributed by atoms with Crippen molar-refractivity contribution in [2.24, 2.45) is 17.8 Å². The summed E-state index contributed by atoms with van der Waals surface area (Å²) in [6, 6.07) is 64.9. The number of anilines is 6. The van der Waals surface area contributed by atoms with Gasteiger partial charge < -0.3 is 9.80 Å². The minimum atomic E-state index is 0.397. The zero-order chi connectivity index (χ0) is 36.3. The van der Waals surface area contributed by atoms with E-state index in [4.69, 9.17) is 0 Å². The van der Waals surface area contributed by atoms with Crippen LogP contribution in [0.4, 0.5) is 34.1 Å². The van der Waals surface area contributed by atoms with Crippen LogP contribution >= 0.6 is 11.3 Å². The van der Waals surface area contributed by atoms with E-state index in [0.717, 1.165) is 29.1 Å². The number of nitrogens with zero attached hydrogens (tertiary/aromatic N) is 2. The Labute approximate surface area is 328 Å². The number of thiophene rings is 1. The van der Waals surface area contributed by atoms with Gasteiger partial charge in [0.15, 0.2) is 0 Å². The van der Waals surface area contributed by atoms with Gasteiger partial charge in [0, 0.05) is 43.9 Å². The van der Waals surface area contributed by atoms with Gasteiger partial charge >= 0.3 is 0 Å². The summed E-state index contributed by atoms with van der Waals surface area (Å²) < 4.78 is 2.58. The molecule has 0 N–H and O–H groups in total. The predicted octanol–water partition coefficient (Wildman–Crippen LogP) is 15.1. The first-order chi connectivity index (χ1) is 27.2. The molecule has 8 aromatic rings. The molecule has 55 heavy (non-hydrogen) atoms. The van der Waals surface area contributed by atoms with Gasteiger partial charge in [-0.05, 0) is 151 Å². The fourth-order valence-electron chi connectivity index (χ4n) is 11.0. The van der Waals surface area contributed by atoms with Crippen LogP contribution in [0.1, 0.15) is 44.1 Å². The second-order valence-electron chi connectivity index (χ2n) is 16.4. The molecule has 1 aromatic heterocycles. The van der Waals surface area contributed by atoms with Gasteiger partial charge in [0.25, 0.3) is 0 Å². The summed E-state index contributed by atoms with van der Waals surface area (Å²) in [6.45, 7) is 0. The van der Waals surface area contributed by atoms with Crippen LogP contribution in [-0.2, 0) is 5.41 Å². The van der Waals surface area contributed by atoms with E-state index in [0.29, 0.717) is 5.41 Å². The lowest BCUT2D eigenvalue weighted by molar-refractivity contribution is -0.00518. The van der Waals surface area contributed by atoms with E-state index in [-0.39, 0.29) is 0 Å². The average molecular weight is 729 g/mol. The summed E-state index contributed by atoms with van der Waals surface area (Å²) >= 11 is 1.89. The highest BCUT2D eigenvalue weighted by Crippen LogP contribution is 2.61. The van der Waals surface area contributed by atoms with Gasteiger partial charge in [-0.2, -0.15) is 0 Å². The van der Waals surface area contributed by atoms with Gasteiger partial charge in [-0.1, -0.05) is 103 Å². The molecular formula is C52H44N2S. The van der Waals surface area contributed by atoms with Crippen LogP contribution in [0.15, 0.2) is 176 Å². The van der Waals surface area contributed by atoms with Crippen molar-refractivity contribution < 1.29 is 0 Å². The van der Waals surface area contributed by atoms with Crippen LogP contribution in [-0.4, -0.2) is 0 Å². The normalized spacial score (nSPS) is 21.3. The van der Waals surface area contributed by atoms with Gasteiger partial charge in [0.2, 0.25) is 0 Å². The summed E-state index contributed by atoms with van der Waals surface area (Å²) in [7, 11) is 0. The second-order valence-corrected chi connectivity index (χ2v) is 17.5. The number of hydrogen-bond donors (Lipinski definition) is 0. The molecule has 0 unspecified atom stereocenters. The highest BCUT2D eigenvalue weighted by molar-refractivity contribution is 7.26. The summed E-state index contributed by atoms with van der Waals surface area (Å²) in [5.74, 6) is 2.83. The lowest BCUT2D eigenvalue weighted by atomic mass is 9.48. The molecule has 0 aliphatic heterocycles. The predicted molar refractivity (Wildman–Crippen MR) is 234 cm³/mol. The second kappa shape index (κ2) is 13.3. The van der Waals surface area contributed by atoms with Gasteiger partial charge in [0.1, 0.15) is 0 Å². The minimum absolute atomic E-state index is 0.397. The monoisotopic (exact) mass is 728 g/mol. The zero-order valence-electron chi connectivity index (χ0n) is 31.0. The van der Waals surface area contributed by atoms with Gasteiger partial charge in [-0.25, -0.2) is 0 Å². The summed E-state index contributed by atoms with van der Waals surface area (Å²) in [5, 5.41) is 2.57. The molecule has 0 amide bonds. The highest BCUT2D eigenvalue weighted by Gasteiger charge is 2.51. The van der Waals surface area contributed by atoms with Crippen molar-refractivity contribution in [1.29, 1.82) is 0 Å². The maximum Gasteiger partial charge on any atom is 0.0640 e. The Hall–Kier alpha value is -5.64. The molecule has 0 saturated heterocycles. The van der Waals surface area contributed by atoms with E-state index in [1.165, 1.54) is 92.6 Å². The number of para-hydroxylation sites is 2. The Morgan fingerprint density at radius 1 is 0.418 bits per heavy atom. The molecule has 268 valence electrons. The summed E-state index contributed by atoms with van der Waals surface area (Å²) in [5.41, 5.74) is 11.5. The van der Waals surface area contributed by atoms with Crippen LogP contribution in [0.2, 0.25) is 0 Å². The molecule has 0 radical (unpaired) electrons. The summed E-state index contributed by atoms with van der Waals surface area (Å²) in [6.07, 6.45) is 8.62. The van der Waals surface area contributed by atoms with Crippen molar-refractivity contribution in [2.75, 3.05) is 9.80 Å². The number of hydrogen-bond acceptors (Lipinski definition) is 3. The molecule has 7 aromatic carbocycles. The van der Waals surface area contributed by atoms with E-state index < -0.39 is 0 Å². The molecular weight excluding hydrogens is 685 g/mol. The molecule has 4 bridgehead atoms. The molecule has 4 fully saturated rings. The first-order valence-corrected chi connectivity index (χ1v) is 20.9. The van der Waals surface area contributed by atoms with E-state index in [2.05, 4.69) is 186 Å². The van der Waals surface area contributed by atoms with Gasteiger partial charge in [-0.15, -0.1) is 11.3 Å². The topological polar surface area (TPSA) is 6.48 Å². The Morgan fingerprint density at radius 2 is 0.927 bits per heavy atom. The van der Waals surface area contributed by atoms with Crippen molar-refractivity contribution in [1.82, 2.24) is 0 Å². The van der Waals surface area contributed by atoms with Crippen molar-refractivity contribution in [3.8, 4) is 11.1 Å². The van der Waals surface area contributed by atoms with Crippen molar-refractivity contribution >= 4 is 65.6 Å². The third-order valence-corrected chi connectivity index (χ3v) is 14.2. The Bertz CT molecular complexity index is 2570. The highest BCUT2D eigenvalue weighted by atomic mass is 32.1. The number of fused-ring (bicyclic) bond motifs is 3. The number of benzene rings is 7. The quantitative estimate of drug-likeness (QED) is 0.154. The van der Waals surface area contributed by atoms with Crippen LogP contribution in [0.3, 0.4) is 0 Å². The van der Waals surface area contributed by atoms with Crippen molar-refractivity contribution in [2.45, 2.75) is 43.9 Å². The van der Waals surface area contributed by atoms with E-state index in [9.17, 15) is 0 Å². The standard InChI is InChI=1S/C52H44N2S/c1-4-11-39(12-5-1)40-19-23-45(24-20-40)54(43-15-8-3-9-16-43)49-18-10-17-47-48-32-46(27-28-50(48)55-51(47)49)53(42-13-6-2-7-14-42)44-25-21-41(22-26-44)52-33-36-29-37(34-52)31-38(30-36)35-52/h1-28,32,36-38H,29-31,33-35H2. The first-order valence-electron chi connectivity index (χ1n) is 20.1. The lowest BCUT2D eigenvalue weighted by Crippen LogP contribution is -2.48. The third kappa shape index (κ3) is 5.76. The van der Waals surface area contributed by atoms with Crippen molar-refractivity contribution in [3.05, 3.63) is 181 Å². The average Bonchev–Trinajstić information content (AvgIpc) is 3.61. The molecule has 1 heterocycles. The summed E-state index contributed by atoms with van der Waals surface area (Å²) in [4.78, 5) is 4.86. The fraction of sp³-hybridized carbons (Fsp3) is 0.192.